The smallest absolute Gasteiger partial charge is 0.261 e. The number of nitrogens with zero attached hydrogens (tertiary/aromatic N) is 1. The Hall–Kier alpha value is -1.95. The molecule has 1 amide bonds. The SMILES string of the molecule is O=C(CCCOC(=S)Nc1ccc(F)cc1)N1CCCC2CCCC=C21. The van der Waals surface area contributed by atoms with Crippen molar-refractivity contribution in [2.45, 2.75) is 44.9 Å². The lowest BCUT2D eigenvalue weighted by molar-refractivity contribution is -0.130. The third-order valence-electron chi connectivity index (χ3n) is 4.93. The summed E-state index contributed by atoms with van der Waals surface area (Å²) in [6.07, 6.45) is 9.18. The minimum Gasteiger partial charge on any atom is -0.471 e. The molecule has 1 aromatic carbocycles. The number of carbonyl (C=O) groups is 1. The van der Waals surface area contributed by atoms with E-state index < -0.39 is 0 Å². The molecule has 1 aliphatic heterocycles. The summed E-state index contributed by atoms with van der Waals surface area (Å²) in [7, 11) is 0. The number of hydrogen-bond donors (Lipinski definition) is 1. The first-order valence-electron chi connectivity index (χ1n) is 9.33. The highest BCUT2D eigenvalue weighted by Gasteiger charge is 2.29. The minimum absolute atomic E-state index is 0.184. The number of benzene rings is 1. The second-order valence-electron chi connectivity index (χ2n) is 6.82. The maximum Gasteiger partial charge on any atom is 0.261 e. The molecule has 1 heterocycles. The number of ether oxygens (including phenoxy) is 1. The molecule has 0 aromatic heterocycles. The Bertz CT molecular complexity index is 675. The van der Waals surface area contributed by atoms with Crippen molar-refractivity contribution in [3.8, 4) is 0 Å². The molecule has 0 radical (unpaired) electrons. The standard InChI is InChI=1S/C20H25FN2O2S/c21-16-9-11-17(12-10-16)22-20(26)25-14-4-8-19(24)23-13-3-6-15-5-1-2-7-18(15)23/h7,9-12,15H,1-6,8,13-14H2,(H,22,26). The fraction of sp³-hybridized carbons (Fsp3) is 0.500. The van der Waals surface area contributed by atoms with E-state index in [-0.39, 0.29) is 16.9 Å². The number of rotatable bonds is 5. The number of thiocarbonyl (C=S) groups is 1. The Labute approximate surface area is 159 Å². The van der Waals surface area contributed by atoms with Gasteiger partial charge in [0.05, 0.1) is 6.61 Å². The quantitative estimate of drug-likeness (QED) is 0.601. The van der Waals surface area contributed by atoms with Crippen LogP contribution in [0.5, 0.6) is 0 Å². The second-order valence-corrected chi connectivity index (χ2v) is 7.19. The van der Waals surface area contributed by atoms with Gasteiger partial charge in [-0.2, -0.15) is 0 Å². The molecule has 1 fully saturated rings. The zero-order chi connectivity index (χ0) is 18.4. The van der Waals surface area contributed by atoms with Gasteiger partial charge >= 0.3 is 0 Å². The molecule has 0 spiro atoms. The normalized spacial score (nSPS) is 19.3. The van der Waals surface area contributed by atoms with Gasteiger partial charge < -0.3 is 15.0 Å². The van der Waals surface area contributed by atoms with Gasteiger partial charge in [0.15, 0.2) is 0 Å². The van der Waals surface area contributed by atoms with E-state index in [0.717, 1.165) is 19.4 Å². The van der Waals surface area contributed by atoms with Gasteiger partial charge in [0.1, 0.15) is 5.82 Å². The fourth-order valence-electron chi connectivity index (χ4n) is 3.66. The first-order chi connectivity index (χ1) is 12.6. The van der Waals surface area contributed by atoms with Crippen molar-refractivity contribution in [2.75, 3.05) is 18.5 Å². The minimum atomic E-state index is -0.297. The largest absolute Gasteiger partial charge is 0.471 e. The molecular weight excluding hydrogens is 351 g/mol. The summed E-state index contributed by atoms with van der Waals surface area (Å²) in [5.74, 6) is 0.461. The molecule has 1 atom stereocenters. The third-order valence-corrected chi connectivity index (χ3v) is 5.15. The van der Waals surface area contributed by atoms with E-state index in [1.165, 1.54) is 37.1 Å². The van der Waals surface area contributed by atoms with E-state index in [1.807, 2.05) is 4.90 Å². The van der Waals surface area contributed by atoms with Crippen molar-refractivity contribution in [1.29, 1.82) is 0 Å². The summed E-state index contributed by atoms with van der Waals surface area (Å²) in [4.78, 5) is 14.6. The molecule has 1 N–H and O–H groups in total. The topological polar surface area (TPSA) is 41.6 Å². The Morgan fingerprint density at radius 2 is 2.04 bits per heavy atom. The van der Waals surface area contributed by atoms with Crippen molar-refractivity contribution < 1.29 is 13.9 Å². The maximum atomic E-state index is 12.9. The van der Waals surface area contributed by atoms with Crippen molar-refractivity contribution in [3.63, 3.8) is 0 Å². The monoisotopic (exact) mass is 376 g/mol. The van der Waals surface area contributed by atoms with Crippen LogP contribution in [0.15, 0.2) is 36.0 Å². The molecule has 0 saturated carbocycles. The average molecular weight is 376 g/mol. The van der Waals surface area contributed by atoms with Crippen LogP contribution in [0.2, 0.25) is 0 Å². The molecule has 2 aliphatic rings. The summed E-state index contributed by atoms with van der Waals surface area (Å²) in [6, 6.07) is 5.91. The first-order valence-corrected chi connectivity index (χ1v) is 9.74. The van der Waals surface area contributed by atoms with Crippen LogP contribution in [0.3, 0.4) is 0 Å². The van der Waals surface area contributed by atoms with Crippen LogP contribution < -0.4 is 5.32 Å². The van der Waals surface area contributed by atoms with Crippen LogP contribution in [0.25, 0.3) is 0 Å². The summed E-state index contributed by atoms with van der Waals surface area (Å²) in [6.45, 7) is 1.22. The van der Waals surface area contributed by atoms with Crippen molar-refractivity contribution in [1.82, 2.24) is 4.90 Å². The number of allylic oxidation sites excluding steroid dienone is 2. The number of amides is 1. The molecule has 4 nitrogen and oxygen atoms in total. The molecule has 0 bridgehead atoms. The van der Waals surface area contributed by atoms with Crippen LogP contribution >= 0.6 is 12.2 Å². The lowest BCUT2D eigenvalue weighted by atomic mass is 9.85. The van der Waals surface area contributed by atoms with Crippen molar-refractivity contribution in [3.05, 3.63) is 41.9 Å². The number of nitrogens with one attached hydrogen (secondary N) is 1. The van der Waals surface area contributed by atoms with Gasteiger partial charge in [0.2, 0.25) is 5.91 Å². The van der Waals surface area contributed by atoms with Gasteiger partial charge in [-0.25, -0.2) is 4.39 Å². The first kappa shape index (κ1) is 18.8. The van der Waals surface area contributed by atoms with E-state index >= 15 is 0 Å². The van der Waals surface area contributed by atoms with Crippen LogP contribution in [-0.2, 0) is 9.53 Å². The number of halogens is 1. The summed E-state index contributed by atoms with van der Waals surface area (Å²) in [5, 5.41) is 3.13. The van der Waals surface area contributed by atoms with Gasteiger partial charge in [-0.3, -0.25) is 4.79 Å². The average Bonchev–Trinajstić information content (AvgIpc) is 2.66. The van der Waals surface area contributed by atoms with Gasteiger partial charge in [-0.1, -0.05) is 6.08 Å². The van der Waals surface area contributed by atoms with Crippen LogP contribution in [-0.4, -0.2) is 29.1 Å². The Morgan fingerprint density at radius 1 is 1.27 bits per heavy atom. The molecule has 1 aliphatic carbocycles. The second kappa shape index (κ2) is 9.12. The lowest BCUT2D eigenvalue weighted by Crippen LogP contribution is -2.39. The van der Waals surface area contributed by atoms with E-state index in [2.05, 4.69) is 11.4 Å². The number of piperidine rings is 1. The van der Waals surface area contributed by atoms with E-state index in [1.54, 1.807) is 12.1 Å². The summed E-state index contributed by atoms with van der Waals surface area (Å²) in [5.41, 5.74) is 1.93. The van der Waals surface area contributed by atoms with Crippen LogP contribution in [0, 0.1) is 11.7 Å². The maximum absolute atomic E-state index is 12.9. The lowest BCUT2D eigenvalue weighted by Gasteiger charge is -2.38. The fourth-order valence-corrected chi connectivity index (χ4v) is 3.86. The highest BCUT2D eigenvalue weighted by molar-refractivity contribution is 7.80. The van der Waals surface area contributed by atoms with Crippen molar-refractivity contribution in [2.24, 2.45) is 5.92 Å². The third kappa shape index (κ3) is 5.04. The molecule has 140 valence electrons. The summed E-state index contributed by atoms with van der Waals surface area (Å²) < 4.78 is 18.3. The summed E-state index contributed by atoms with van der Waals surface area (Å²) >= 11 is 5.12. The highest BCUT2D eigenvalue weighted by atomic mass is 32.1. The van der Waals surface area contributed by atoms with Crippen molar-refractivity contribution >= 4 is 29.0 Å². The Morgan fingerprint density at radius 3 is 2.85 bits per heavy atom. The Balaban J connectivity index is 1.39. The number of anilines is 1. The molecule has 1 aromatic rings. The zero-order valence-electron chi connectivity index (χ0n) is 14.9. The van der Waals surface area contributed by atoms with Gasteiger partial charge in [-0.05, 0) is 80.9 Å². The van der Waals surface area contributed by atoms with Crippen LogP contribution in [0.4, 0.5) is 10.1 Å². The molecule has 1 unspecified atom stereocenters. The highest BCUT2D eigenvalue weighted by Crippen LogP contribution is 2.35. The molecule has 26 heavy (non-hydrogen) atoms. The molecule has 6 heteroatoms. The van der Waals surface area contributed by atoms with Gasteiger partial charge in [-0.15, -0.1) is 0 Å². The molecule has 3 rings (SSSR count). The van der Waals surface area contributed by atoms with Gasteiger partial charge in [0.25, 0.3) is 5.17 Å². The number of hydrogen-bond acceptors (Lipinski definition) is 3. The number of fused-ring (bicyclic) bond motifs is 1. The molecule has 1 saturated heterocycles. The number of carbonyl (C=O) groups excluding carboxylic acids is 1. The van der Waals surface area contributed by atoms with Gasteiger partial charge in [0, 0.05) is 24.4 Å². The van der Waals surface area contributed by atoms with E-state index in [4.69, 9.17) is 17.0 Å². The molecular formula is C20H25FN2O2S. The Kier molecular flexibility index (Phi) is 6.61. The van der Waals surface area contributed by atoms with Crippen LogP contribution in [0.1, 0.15) is 44.9 Å². The predicted octanol–water partition coefficient (Wildman–Crippen LogP) is 4.63. The zero-order valence-corrected chi connectivity index (χ0v) is 15.7. The number of likely N-dealkylation sites (tertiary alicyclic amines) is 1. The van der Waals surface area contributed by atoms with E-state index in [9.17, 15) is 9.18 Å². The van der Waals surface area contributed by atoms with E-state index in [0.29, 0.717) is 31.1 Å². The predicted molar refractivity (Wildman–Crippen MR) is 104 cm³/mol.